The van der Waals surface area contributed by atoms with Gasteiger partial charge >= 0.3 is 6.18 Å². The van der Waals surface area contributed by atoms with E-state index in [1.165, 1.54) is 6.20 Å². The van der Waals surface area contributed by atoms with Gasteiger partial charge in [-0.3, -0.25) is 0 Å². The molecule has 132 valence electrons. The third kappa shape index (κ3) is 3.85. The molecule has 2 aromatic rings. The Hall–Kier alpha value is -1.28. The van der Waals surface area contributed by atoms with E-state index in [1.807, 2.05) is 11.9 Å². The number of hydrogen-bond acceptors (Lipinski definition) is 2. The highest BCUT2D eigenvalue weighted by Gasteiger charge is 2.30. The molecule has 2 heterocycles. The van der Waals surface area contributed by atoms with Crippen LogP contribution in [-0.2, 0) is 6.54 Å². The lowest BCUT2D eigenvalue weighted by Crippen LogP contribution is -2.46. The summed E-state index contributed by atoms with van der Waals surface area (Å²) in [7, 11) is 1.87. The van der Waals surface area contributed by atoms with Crippen molar-refractivity contribution in [2.45, 2.75) is 31.4 Å². The fourth-order valence-corrected chi connectivity index (χ4v) is 3.58. The predicted octanol–water partition coefficient (Wildman–Crippen LogP) is 4.42. The van der Waals surface area contributed by atoms with E-state index < -0.39 is 18.9 Å². The maximum Gasteiger partial charge on any atom is 0.406 e. The number of likely N-dealkylation sites (tertiary alicyclic amines) is 1. The van der Waals surface area contributed by atoms with Crippen LogP contribution in [0.15, 0.2) is 28.9 Å². The second-order valence-electron chi connectivity index (χ2n) is 6.26. The van der Waals surface area contributed by atoms with Crippen molar-refractivity contribution in [3.8, 4) is 0 Å². The van der Waals surface area contributed by atoms with E-state index in [-0.39, 0.29) is 6.04 Å². The van der Waals surface area contributed by atoms with E-state index >= 15 is 0 Å². The van der Waals surface area contributed by atoms with Gasteiger partial charge in [0.05, 0.1) is 11.6 Å². The van der Waals surface area contributed by atoms with Gasteiger partial charge in [0.1, 0.15) is 12.7 Å². The van der Waals surface area contributed by atoms with Gasteiger partial charge in [0, 0.05) is 34.8 Å². The molecule has 3 rings (SSSR count). The Balaban J connectivity index is 1.91. The number of halogens is 5. The van der Waals surface area contributed by atoms with Gasteiger partial charge in [-0.05, 0) is 31.7 Å². The van der Waals surface area contributed by atoms with Gasteiger partial charge < -0.3 is 14.8 Å². The second kappa shape index (κ2) is 6.55. The molecule has 1 aliphatic rings. The van der Waals surface area contributed by atoms with Crippen molar-refractivity contribution < 1.29 is 17.6 Å². The zero-order valence-electron chi connectivity index (χ0n) is 13.1. The van der Waals surface area contributed by atoms with E-state index in [0.29, 0.717) is 34.0 Å². The van der Waals surface area contributed by atoms with Crippen LogP contribution < -0.4 is 5.32 Å². The van der Waals surface area contributed by atoms with Crippen molar-refractivity contribution in [2.24, 2.45) is 0 Å². The number of rotatable bonds is 3. The van der Waals surface area contributed by atoms with Crippen molar-refractivity contribution in [3.63, 3.8) is 0 Å². The molecule has 0 amide bonds. The maximum atomic E-state index is 14.2. The average Bonchev–Trinajstić information content (AvgIpc) is 2.83. The van der Waals surface area contributed by atoms with Crippen LogP contribution in [0.3, 0.4) is 0 Å². The fraction of sp³-hybridized carbons (Fsp3) is 0.500. The molecule has 0 saturated carbocycles. The number of fused-ring (bicyclic) bond motifs is 1. The normalized spacial score (nSPS) is 22.9. The summed E-state index contributed by atoms with van der Waals surface area (Å²) in [5.41, 5.74) is 1.12. The minimum absolute atomic E-state index is 0.343. The maximum absolute atomic E-state index is 14.2. The third-order valence-corrected chi connectivity index (χ3v) is 4.75. The van der Waals surface area contributed by atoms with Crippen LogP contribution in [0.25, 0.3) is 10.9 Å². The lowest BCUT2D eigenvalue weighted by atomic mass is 10.0. The highest BCUT2D eigenvalue weighted by Crippen LogP contribution is 2.32. The highest BCUT2D eigenvalue weighted by molar-refractivity contribution is 9.10. The number of aromatic nitrogens is 1. The topological polar surface area (TPSA) is 20.2 Å². The molecule has 8 heteroatoms. The summed E-state index contributed by atoms with van der Waals surface area (Å²) in [6.07, 6.45) is -3.25. The Morgan fingerprint density at radius 2 is 2.08 bits per heavy atom. The van der Waals surface area contributed by atoms with Crippen LogP contribution in [0.5, 0.6) is 0 Å². The summed E-state index contributed by atoms with van der Waals surface area (Å²) < 4.78 is 54.2. The zero-order valence-corrected chi connectivity index (χ0v) is 14.7. The molecular weight excluding hydrogens is 390 g/mol. The van der Waals surface area contributed by atoms with Gasteiger partial charge in [0.15, 0.2) is 0 Å². The molecule has 1 aliphatic heterocycles. The van der Waals surface area contributed by atoms with Crippen LogP contribution in [0.2, 0.25) is 0 Å². The Morgan fingerprint density at radius 3 is 2.75 bits per heavy atom. The summed E-state index contributed by atoms with van der Waals surface area (Å²) in [6, 6.07) is 4.72. The number of anilines is 1. The average molecular weight is 408 g/mol. The molecule has 0 radical (unpaired) electrons. The van der Waals surface area contributed by atoms with Gasteiger partial charge in [0.2, 0.25) is 0 Å². The van der Waals surface area contributed by atoms with Crippen LogP contribution in [0.4, 0.5) is 23.2 Å². The Bertz CT molecular complexity index is 728. The molecule has 0 spiro atoms. The van der Waals surface area contributed by atoms with Crippen molar-refractivity contribution >= 4 is 32.5 Å². The van der Waals surface area contributed by atoms with Crippen molar-refractivity contribution in [3.05, 3.63) is 28.9 Å². The first kappa shape index (κ1) is 17.5. The quantitative estimate of drug-likeness (QED) is 0.759. The van der Waals surface area contributed by atoms with Crippen molar-refractivity contribution in [1.82, 2.24) is 9.47 Å². The minimum atomic E-state index is -4.29. The van der Waals surface area contributed by atoms with Gasteiger partial charge in [-0.2, -0.15) is 13.2 Å². The first-order chi connectivity index (χ1) is 11.2. The lowest BCUT2D eigenvalue weighted by Gasteiger charge is -2.33. The standard InChI is InChI=1S/C16H18BrF4N3/c1-23-4-3-13(12(18)8-23)22-14-6-10(17)7-15-11(14)2-5-24(15)9-16(19,20)21/h2,5-7,12-13,22H,3-4,8-9H2,1H3. The zero-order chi connectivity index (χ0) is 17.5. The molecule has 0 bridgehead atoms. The van der Waals surface area contributed by atoms with Gasteiger partial charge in [0.25, 0.3) is 0 Å². The van der Waals surface area contributed by atoms with Gasteiger partial charge in [-0.25, -0.2) is 4.39 Å². The smallest absolute Gasteiger partial charge is 0.379 e. The summed E-state index contributed by atoms with van der Waals surface area (Å²) in [5.74, 6) is 0. The summed E-state index contributed by atoms with van der Waals surface area (Å²) in [4.78, 5) is 1.93. The molecule has 1 aromatic carbocycles. The van der Waals surface area contributed by atoms with Gasteiger partial charge in [-0.15, -0.1) is 0 Å². The van der Waals surface area contributed by atoms with Crippen LogP contribution >= 0.6 is 15.9 Å². The van der Waals surface area contributed by atoms with E-state index in [9.17, 15) is 17.6 Å². The molecule has 2 unspecified atom stereocenters. The number of benzene rings is 1. The molecule has 2 atom stereocenters. The van der Waals surface area contributed by atoms with Crippen molar-refractivity contribution in [2.75, 3.05) is 25.5 Å². The first-order valence-electron chi connectivity index (χ1n) is 7.67. The van der Waals surface area contributed by atoms with E-state index in [4.69, 9.17) is 0 Å². The number of nitrogens with one attached hydrogen (secondary N) is 1. The molecule has 1 N–H and O–H groups in total. The minimum Gasteiger partial charge on any atom is -0.379 e. The summed E-state index contributed by atoms with van der Waals surface area (Å²) >= 11 is 3.33. The molecule has 24 heavy (non-hydrogen) atoms. The van der Waals surface area contributed by atoms with E-state index in [0.717, 1.165) is 11.1 Å². The van der Waals surface area contributed by atoms with Gasteiger partial charge in [-0.1, -0.05) is 15.9 Å². The predicted molar refractivity (Wildman–Crippen MR) is 90.1 cm³/mol. The van der Waals surface area contributed by atoms with Crippen LogP contribution in [0, 0.1) is 0 Å². The molecule has 1 saturated heterocycles. The molecule has 1 fully saturated rings. The lowest BCUT2D eigenvalue weighted by molar-refractivity contribution is -0.139. The van der Waals surface area contributed by atoms with Crippen LogP contribution in [0.1, 0.15) is 6.42 Å². The fourth-order valence-electron chi connectivity index (χ4n) is 3.13. The van der Waals surface area contributed by atoms with Crippen LogP contribution in [-0.4, -0.2) is 48.0 Å². The third-order valence-electron chi connectivity index (χ3n) is 4.29. The molecular formula is C16H18BrF4N3. The number of piperidine rings is 1. The van der Waals surface area contributed by atoms with Crippen molar-refractivity contribution in [1.29, 1.82) is 0 Å². The Morgan fingerprint density at radius 1 is 1.33 bits per heavy atom. The molecule has 1 aromatic heterocycles. The second-order valence-corrected chi connectivity index (χ2v) is 7.18. The summed E-state index contributed by atoms with van der Waals surface area (Å²) in [5, 5.41) is 3.85. The Labute approximate surface area is 145 Å². The Kier molecular flexibility index (Phi) is 4.79. The highest BCUT2D eigenvalue weighted by atomic mass is 79.9. The monoisotopic (exact) mass is 407 g/mol. The largest absolute Gasteiger partial charge is 0.406 e. The number of alkyl halides is 4. The SMILES string of the molecule is CN1CCC(Nc2cc(Br)cc3c2ccn3CC(F)(F)F)C(F)C1. The van der Waals surface area contributed by atoms with E-state index in [1.54, 1.807) is 18.2 Å². The molecule has 0 aliphatic carbocycles. The number of nitrogens with zero attached hydrogens (tertiary/aromatic N) is 2. The van der Waals surface area contributed by atoms with E-state index in [2.05, 4.69) is 21.2 Å². The molecule has 3 nitrogen and oxygen atoms in total. The summed E-state index contributed by atoms with van der Waals surface area (Å²) in [6.45, 7) is 0.0839. The first-order valence-corrected chi connectivity index (χ1v) is 8.46. The number of hydrogen-bond donors (Lipinski definition) is 1.